The Hall–Kier alpha value is -3.36. The molecule has 6 heteroatoms. The third-order valence-electron chi connectivity index (χ3n) is 5.29. The molecule has 164 valence electrons. The van der Waals surface area contributed by atoms with Gasteiger partial charge in [0.1, 0.15) is 5.75 Å². The van der Waals surface area contributed by atoms with E-state index < -0.39 is 5.60 Å². The molecule has 0 saturated carbocycles. The zero-order valence-electron chi connectivity index (χ0n) is 18.4. The number of amides is 1. The van der Waals surface area contributed by atoms with Gasteiger partial charge in [0.15, 0.2) is 5.60 Å². The smallest absolute Gasteiger partial charge is 0.263 e. The van der Waals surface area contributed by atoms with Crippen LogP contribution in [-0.4, -0.2) is 22.5 Å². The lowest BCUT2D eigenvalue weighted by atomic mass is 9.87. The average Bonchev–Trinajstić information content (AvgIpc) is 2.79. The summed E-state index contributed by atoms with van der Waals surface area (Å²) in [5, 5.41) is 12.8. The number of carbonyl (C=O) groups excluding carboxylic acids is 1. The van der Waals surface area contributed by atoms with E-state index in [2.05, 4.69) is 28.5 Å². The monoisotopic (exact) mass is 447 g/mol. The minimum Gasteiger partial charge on any atom is -0.478 e. The van der Waals surface area contributed by atoms with Crippen LogP contribution in [-0.2, 0) is 11.2 Å². The SMILES string of the molecule is C[C@H](NC(=O)C(C)(C)Oc1cccc(C#N)c1)[C@@H](Cc1ccc(Cl)cn1)c1ccccc1. The van der Waals surface area contributed by atoms with Gasteiger partial charge in [-0.15, -0.1) is 0 Å². The Labute approximate surface area is 194 Å². The molecule has 3 rings (SSSR count). The number of hydrogen-bond acceptors (Lipinski definition) is 4. The van der Waals surface area contributed by atoms with E-state index in [0.29, 0.717) is 22.8 Å². The first-order chi connectivity index (χ1) is 15.3. The van der Waals surface area contributed by atoms with Crippen molar-refractivity contribution in [3.05, 3.63) is 94.8 Å². The van der Waals surface area contributed by atoms with Crippen LogP contribution < -0.4 is 10.1 Å². The second-order valence-corrected chi connectivity index (χ2v) is 8.64. The number of benzene rings is 2. The molecule has 0 unspecified atom stereocenters. The van der Waals surface area contributed by atoms with Gasteiger partial charge in [0.2, 0.25) is 0 Å². The Morgan fingerprint density at radius 1 is 1.16 bits per heavy atom. The quantitative estimate of drug-likeness (QED) is 0.508. The summed E-state index contributed by atoms with van der Waals surface area (Å²) in [6.45, 7) is 5.41. The first-order valence-electron chi connectivity index (χ1n) is 10.4. The highest BCUT2D eigenvalue weighted by Gasteiger charge is 2.33. The number of nitrogens with one attached hydrogen (secondary N) is 1. The van der Waals surface area contributed by atoms with E-state index in [9.17, 15) is 4.79 Å². The number of pyridine rings is 1. The maximum Gasteiger partial charge on any atom is 0.263 e. The Bertz CT molecular complexity index is 1090. The van der Waals surface area contributed by atoms with Gasteiger partial charge in [0.25, 0.3) is 5.91 Å². The van der Waals surface area contributed by atoms with Crippen molar-refractivity contribution in [2.75, 3.05) is 0 Å². The lowest BCUT2D eigenvalue weighted by Crippen LogP contribution is -2.51. The molecule has 2 aromatic carbocycles. The van der Waals surface area contributed by atoms with Gasteiger partial charge in [-0.25, -0.2) is 0 Å². The van der Waals surface area contributed by atoms with Crippen molar-refractivity contribution < 1.29 is 9.53 Å². The minimum absolute atomic E-state index is 0.00606. The molecule has 32 heavy (non-hydrogen) atoms. The van der Waals surface area contributed by atoms with Gasteiger partial charge in [-0.05, 0) is 63.1 Å². The number of nitriles is 1. The van der Waals surface area contributed by atoms with Crippen molar-refractivity contribution in [3.63, 3.8) is 0 Å². The molecule has 0 spiro atoms. The number of carbonyl (C=O) groups is 1. The van der Waals surface area contributed by atoms with Crippen LogP contribution in [0.3, 0.4) is 0 Å². The molecule has 0 aliphatic carbocycles. The number of nitrogens with zero attached hydrogens (tertiary/aromatic N) is 2. The van der Waals surface area contributed by atoms with Gasteiger partial charge in [-0.2, -0.15) is 5.26 Å². The number of aromatic nitrogens is 1. The summed E-state index contributed by atoms with van der Waals surface area (Å²) in [6.07, 6.45) is 2.28. The highest BCUT2D eigenvalue weighted by molar-refractivity contribution is 6.30. The molecule has 1 aromatic heterocycles. The van der Waals surface area contributed by atoms with Crippen molar-refractivity contribution in [2.24, 2.45) is 0 Å². The summed E-state index contributed by atoms with van der Waals surface area (Å²) in [5.74, 6) is 0.241. The molecule has 1 N–H and O–H groups in total. The molecule has 0 bridgehead atoms. The van der Waals surface area contributed by atoms with E-state index in [-0.39, 0.29) is 17.9 Å². The summed E-state index contributed by atoms with van der Waals surface area (Å²) in [6, 6.07) is 22.5. The molecule has 0 radical (unpaired) electrons. The topological polar surface area (TPSA) is 75.0 Å². The van der Waals surface area contributed by atoms with Crippen LogP contribution in [0, 0.1) is 11.3 Å². The Balaban J connectivity index is 1.76. The van der Waals surface area contributed by atoms with Gasteiger partial charge in [-0.3, -0.25) is 9.78 Å². The van der Waals surface area contributed by atoms with E-state index >= 15 is 0 Å². The fraction of sp³-hybridized carbons (Fsp3) is 0.269. The van der Waals surface area contributed by atoms with Crippen LogP contribution >= 0.6 is 11.6 Å². The minimum atomic E-state index is -1.12. The lowest BCUT2D eigenvalue weighted by molar-refractivity contribution is -0.135. The molecule has 1 heterocycles. The zero-order chi connectivity index (χ0) is 23.1. The number of ether oxygens (including phenoxy) is 1. The van der Waals surface area contributed by atoms with Crippen LogP contribution in [0.1, 0.15) is 43.5 Å². The van der Waals surface area contributed by atoms with Crippen LogP contribution in [0.15, 0.2) is 72.9 Å². The predicted octanol–water partition coefficient (Wildman–Crippen LogP) is 5.30. The van der Waals surface area contributed by atoms with Crippen molar-refractivity contribution in [1.29, 1.82) is 5.26 Å². The summed E-state index contributed by atoms with van der Waals surface area (Å²) >= 11 is 5.98. The molecule has 5 nitrogen and oxygen atoms in total. The molecule has 0 saturated heterocycles. The molecule has 0 aliphatic rings. The highest BCUT2D eigenvalue weighted by atomic mass is 35.5. The van der Waals surface area contributed by atoms with Gasteiger partial charge < -0.3 is 10.1 Å². The van der Waals surface area contributed by atoms with Gasteiger partial charge in [0.05, 0.1) is 16.7 Å². The first kappa shape index (κ1) is 23.3. The molecule has 0 fully saturated rings. The van der Waals surface area contributed by atoms with E-state index in [1.165, 1.54) is 0 Å². The highest BCUT2D eigenvalue weighted by Crippen LogP contribution is 2.26. The first-order valence-corrected chi connectivity index (χ1v) is 10.8. The van der Waals surface area contributed by atoms with Crippen LogP contribution in [0.5, 0.6) is 5.75 Å². The van der Waals surface area contributed by atoms with Crippen LogP contribution in [0.25, 0.3) is 0 Å². The Morgan fingerprint density at radius 3 is 2.56 bits per heavy atom. The zero-order valence-corrected chi connectivity index (χ0v) is 19.1. The van der Waals surface area contributed by atoms with E-state index in [1.807, 2.05) is 37.3 Å². The number of halogens is 1. The van der Waals surface area contributed by atoms with Crippen molar-refractivity contribution in [1.82, 2.24) is 10.3 Å². The van der Waals surface area contributed by atoms with Gasteiger partial charge in [-0.1, -0.05) is 48.0 Å². The second kappa shape index (κ2) is 10.3. The average molecular weight is 448 g/mol. The summed E-state index contributed by atoms with van der Waals surface area (Å²) < 4.78 is 5.93. The molecular formula is C26H26ClN3O2. The van der Waals surface area contributed by atoms with E-state index in [0.717, 1.165) is 11.3 Å². The van der Waals surface area contributed by atoms with Crippen molar-refractivity contribution >= 4 is 17.5 Å². The Kier molecular flexibility index (Phi) is 7.50. The Morgan fingerprint density at radius 2 is 1.91 bits per heavy atom. The van der Waals surface area contributed by atoms with Gasteiger partial charge in [0, 0.05) is 23.9 Å². The van der Waals surface area contributed by atoms with Crippen LogP contribution in [0.4, 0.5) is 0 Å². The maximum atomic E-state index is 13.1. The third kappa shape index (κ3) is 6.09. The molecule has 3 aromatic rings. The fourth-order valence-corrected chi connectivity index (χ4v) is 3.60. The van der Waals surface area contributed by atoms with E-state index in [4.69, 9.17) is 21.6 Å². The molecule has 0 aliphatic heterocycles. The fourth-order valence-electron chi connectivity index (χ4n) is 3.49. The second-order valence-electron chi connectivity index (χ2n) is 8.20. The van der Waals surface area contributed by atoms with Crippen molar-refractivity contribution in [3.8, 4) is 11.8 Å². The molecule has 1 amide bonds. The van der Waals surface area contributed by atoms with Gasteiger partial charge >= 0.3 is 0 Å². The summed E-state index contributed by atoms with van der Waals surface area (Å²) in [4.78, 5) is 17.6. The molecular weight excluding hydrogens is 422 g/mol. The largest absolute Gasteiger partial charge is 0.478 e. The maximum absolute atomic E-state index is 13.1. The number of rotatable bonds is 8. The predicted molar refractivity (Wildman–Crippen MR) is 126 cm³/mol. The lowest BCUT2D eigenvalue weighted by Gasteiger charge is -2.31. The van der Waals surface area contributed by atoms with Crippen molar-refractivity contribution in [2.45, 2.75) is 44.8 Å². The van der Waals surface area contributed by atoms with E-state index in [1.54, 1.807) is 44.3 Å². The third-order valence-corrected chi connectivity index (χ3v) is 5.51. The standard InChI is InChI=1S/C26H26ClN3O2/c1-18(30-25(31)26(2,3)32-23-11-7-8-19(14-23)16-28)24(20-9-5-4-6-10-20)15-22-13-12-21(27)17-29-22/h4-14,17-18,24H,15H2,1-3H3,(H,30,31)/t18-,24+/m0/s1. The number of hydrogen-bond donors (Lipinski definition) is 1. The summed E-state index contributed by atoms with van der Waals surface area (Å²) in [5.41, 5.74) is 1.36. The normalized spacial score (nSPS) is 13.0. The van der Waals surface area contributed by atoms with Crippen LogP contribution in [0.2, 0.25) is 5.02 Å². The summed E-state index contributed by atoms with van der Waals surface area (Å²) in [7, 11) is 0. The molecule has 2 atom stereocenters.